The number of aliphatic hydroxyl groups is 1. The summed E-state index contributed by atoms with van der Waals surface area (Å²) in [6.45, 7) is 1.55. The number of aliphatic hydroxyl groups excluding tert-OH is 1. The molecule has 2 heterocycles. The van der Waals surface area contributed by atoms with Gasteiger partial charge in [0.1, 0.15) is 9.61 Å². The number of hydrogen-bond acceptors (Lipinski definition) is 5. The van der Waals surface area contributed by atoms with E-state index in [1.165, 1.54) is 0 Å². The van der Waals surface area contributed by atoms with E-state index in [0.29, 0.717) is 9.61 Å². The Morgan fingerprint density at radius 2 is 2.30 bits per heavy atom. The first-order valence-electron chi connectivity index (χ1n) is 5.91. The molecular formula is C11H14BrF3N2O2S. The van der Waals surface area contributed by atoms with Crippen LogP contribution >= 0.6 is 27.3 Å². The summed E-state index contributed by atoms with van der Waals surface area (Å²) in [6, 6.07) is 0. The monoisotopic (exact) mass is 374 g/mol. The molecule has 1 aliphatic rings. The van der Waals surface area contributed by atoms with Crippen molar-refractivity contribution in [1.82, 2.24) is 4.98 Å². The van der Waals surface area contributed by atoms with Gasteiger partial charge < -0.3 is 15.6 Å². The standard InChI is InChI=1S/C11H14BrF3N2O2S/c1-5-2-6(8(18)11(13,14)15)10(16,4-19-5)9-17-7(12)3-20-9/h3,5-6,8,18H,2,4,16H2,1H3/t5-,6-,8?,10-/m0/s1. The highest BCUT2D eigenvalue weighted by Crippen LogP contribution is 2.43. The minimum absolute atomic E-state index is 0.0222. The molecule has 114 valence electrons. The molecule has 0 aliphatic carbocycles. The van der Waals surface area contributed by atoms with E-state index in [1.54, 1.807) is 12.3 Å². The Morgan fingerprint density at radius 1 is 1.65 bits per heavy atom. The number of nitrogens with zero attached hydrogens (tertiary/aromatic N) is 1. The predicted octanol–water partition coefficient (Wildman–Crippen LogP) is 2.41. The van der Waals surface area contributed by atoms with Crippen LogP contribution in [0.25, 0.3) is 0 Å². The number of alkyl halides is 3. The van der Waals surface area contributed by atoms with E-state index in [9.17, 15) is 18.3 Å². The molecule has 3 N–H and O–H groups in total. The average Bonchev–Trinajstić information content (AvgIpc) is 2.78. The Bertz CT molecular complexity index is 484. The van der Waals surface area contributed by atoms with Crippen LogP contribution < -0.4 is 5.73 Å². The topological polar surface area (TPSA) is 68.4 Å². The van der Waals surface area contributed by atoms with Crippen molar-refractivity contribution in [1.29, 1.82) is 0 Å². The number of halogens is 4. The van der Waals surface area contributed by atoms with Crippen LogP contribution in [0.2, 0.25) is 0 Å². The lowest BCUT2D eigenvalue weighted by Gasteiger charge is -2.44. The summed E-state index contributed by atoms with van der Waals surface area (Å²) in [6.07, 6.45) is -7.59. The first kappa shape index (κ1) is 16.2. The molecule has 1 unspecified atom stereocenters. The van der Waals surface area contributed by atoms with Gasteiger partial charge >= 0.3 is 6.18 Å². The van der Waals surface area contributed by atoms with E-state index >= 15 is 0 Å². The third-order valence-corrected chi connectivity index (χ3v) is 5.19. The smallest absolute Gasteiger partial charge is 0.383 e. The Kier molecular flexibility index (Phi) is 4.46. The molecule has 4 atom stereocenters. The highest BCUT2D eigenvalue weighted by Gasteiger charge is 2.55. The molecule has 4 nitrogen and oxygen atoms in total. The summed E-state index contributed by atoms with van der Waals surface area (Å²) in [5, 5.41) is 11.6. The molecule has 9 heteroatoms. The molecule has 0 saturated carbocycles. The molecule has 0 bridgehead atoms. The fourth-order valence-corrected chi connectivity index (χ4v) is 3.77. The van der Waals surface area contributed by atoms with Crippen LogP contribution in [0, 0.1) is 5.92 Å². The van der Waals surface area contributed by atoms with E-state index in [-0.39, 0.29) is 13.0 Å². The van der Waals surface area contributed by atoms with Gasteiger partial charge in [-0.25, -0.2) is 4.98 Å². The van der Waals surface area contributed by atoms with Crippen LogP contribution in [-0.4, -0.2) is 35.1 Å². The van der Waals surface area contributed by atoms with Gasteiger partial charge in [-0.2, -0.15) is 13.2 Å². The summed E-state index contributed by atoms with van der Waals surface area (Å²) in [5.74, 6) is -1.19. The van der Waals surface area contributed by atoms with Crippen LogP contribution in [0.15, 0.2) is 9.98 Å². The van der Waals surface area contributed by atoms with Crippen molar-refractivity contribution < 1.29 is 23.0 Å². The van der Waals surface area contributed by atoms with Crippen molar-refractivity contribution in [2.24, 2.45) is 11.7 Å². The normalized spacial score (nSPS) is 33.1. The maximum atomic E-state index is 12.9. The van der Waals surface area contributed by atoms with Crippen LogP contribution in [-0.2, 0) is 10.3 Å². The van der Waals surface area contributed by atoms with Crippen molar-refractivity contribution in [3.8, 4) is 0 Å². The fourth-order valence-electron chi connectivity index (χ4n) is 2.35. The van der Waals surface area contributed by atoms with Crippen LogP contribution in [0.3, 0.4) is 0 Å². The Labute approximate surface area is 126 Å². The van der Waals surface area contributed by atoms with E-state index in [1.807, 2.05) is 0 Å². The third-order valence-electron chi connectivity index (χ3n) is 3.45. The molecule has 1 saturated heterocycles. The van der Waals surface area contributed by atoms with Gasteiger partial charge in [-0.05, 0) is 29.3 Å². The van der Waals surface area contributed by atoms with Crippen molar-refractivity contribution >= 4 is 27.3 Å². The number of thiazole rings is 1. The van der Waals surface area contributed by atoms with E-state index in [2.05, 4.69) is 20.9 Å². The zero-order valence-electron chi connectivity index (χ0n) is 10.5. The van der Waals surface area contributed by atoms with Crippen LogP contribution in [0.5, 0.6) is 0 Å². The van der Waals surface area contributed by atoms with Gasteiger partial charge in [-0.1, -0.05) is 0 Å². The Morgan fingerprint density at radius 3 is 2.80 bits per heavy atom. The van der Waals surface area contributed by atoms with Gasteiger partial charge in [0.15, 0.2) is 6.10 Å². The second kappa shape index (κ2) is 5.53. The number of nitrogens with two attached hydrogens (primary N) is 1. The van der Waals surface area contributed by atoms with Gasteiger partial charge in [0.2, 0.25) is 0 Å². The van der Waals surface area contributed by atoms with Crippen molar-refractivity contribution in [2.45, 2.75) is 37.3 Å². The van der Waals surface area contributed by atoms with Crippen molar-refractivity contribution in [2.75, 3.05) is 6.61 Å². The minimum Gasteiger partial charge on any atom is -0.383 e. The maximum absolute atomic E-state index is 12.9. The predicted molar refractivity (Wildman–Crippen MR) is 71.3 cm³/mol. The van der Waals surface area contributed by atoms with Gasteiger partial charge in [0.05, 0.1) is 18.2 Å². The van der Waals surface area contributed by atoms with Crippen LogP contribution in [0.4, 0.5) is 13.2 Å². The largest absolute Gasteiger partial charge is 0.414 e. The fraction of sp³-hybridized carbons (Fsp3) is 0.727. The Balaban J connectivity index is 2.37. The summed E-state index contributed by atoms with van der Waals surface area (Å²) < 4.78 is 44.5. The number of ether oxygens (including phenoxy) is 1. The van der Waals surface area contributed by atoms with E-state index < -0.39 is 29.8 Å². The van der Waals surface area contributed by atoms with Crippen LogP contribution in [0.1, 0.15) is 18.4 Å². The van der Waals surface area contributed by atoms with E-state index in [0.717, 1.165) is 11.3 Å². The molecule has 20 heavy (non-hydrogen) atoms. The highest BCUT2D eigenvalue weighted by atomic mass is 79.9. The molecule has 0 radical (unpaired) electrons. The number of aromatic nitrogens is 1. The van der Waals surface area contributed by atoms with Gasteiger partial charge in [0, 0.05) is 11.3 Å². The number of rotatable bonds is 2. The summed E-state index contributed by atoms with van der Waals surface area (Å²) in [4.78, 5) is 4.10. The van der Waals surface area contributed by atoms with Gasteiger partial charge in [-0.15, -0.1) is 11.3 Å². The minimum atomic E-state index is -4.72. The second-order valence-electron chi connectivity index (χ2n) is 4.97. The lowest BCUT2D eigenvalue weighted by Crippen LogP contribution is -2.59. The highest BCUT2D eigenvalue weighted by molar-refractivity contribution is 9.10. The summed E-state index contributed by atoms with van der Waals surface area (Å²) >= 11 is 4.30. The molecule has 1 aromatic rings. The molecule has 1 aromatic heterocycles. The molecular weight excluding hydrogens is 361 g/mol. The SMILES string of the molecule is C[C@H]1C[C@@H](C(O)C(F)(F)F)[C@](N)(c2nc(Br)cs2)CO1. The van der Waals surface area contributed by atoms with Gasteiger partial charge in [-0.3, -0.25) is 0 Å². The Hall–Kier alpha value is -0.220. The lowest BCUT2D eigenvalue weighted by atomic mass is 9.76. The zero-order valence-corrected chi connectivity index (χ0v) is 12.9. The average molecular weight is 375 g/mol. The van der Waals surface area contributed by atoms with Crippen molar-refractivity contribution in [3.63, 3.8) is 0 Å². The second-order valence-corrected chi connectivity index (χ2v) is 6.64. The summed E-state index contributed by atoms with van der Waals surface area (Å²) in [5.41, 5.74) is 4.69. The van der Waals surface area contributed by atoms with Gasteiger partial charge in [0.25, 0.3) is 0 Å². The molecule has 1 fully saturated rings. The summed E-state index contributed by atoms with van der Waals surface area (Å²) in [7, 11) is 0. The lowest BCUT2D eigenvalue weighted by molar-refractivity contribution is -0.240. The van der Waals surface area contributed by atoms with E-state index in [4.69, 9.17) is 10.5 Å². The zero-order chi connectivity index (χ0) is 15.1. The van der Waals surface area contributed by atoms with Crippen molar-refractivity contribution in [3.05, 3.63) is 15.0 Å². The molecule has 2 rings (SSSR count). The number of hydrogen-bond donors (Lipinski definition) is 2. The molecule has 1 aliphatic heterocycles. The first-order chi connectivity index (χ1) is 9.14. The third kappa shape index (κ3) is 3.01. The molecule has 0 aromatic carbocycles. The quantitative estimate of drug-likeness (QED) is 0.833. The first-order valence-corrected chi connectivity index (χ1v) is 7.58. The molecule has 0 spiro atoms. The molecule has 0 amide bonds. The maximum Gasteiger partial charge on any atom is 0.414 e.